The number of nitrogens with zero attached hydrogens (tertiary/aromatic N) is 7. The Kier molecular flexibility index (Phi) is 7.81. The van der Waals surface area contributed by atoms with E-state index in [1.165, 1.54) is 0 Å². The van der Waals surface area contributed by atoms with Gasteiger partial charge in [0.1, 0.15) is 5.82 Å². The minimum absolute atomic E-state index is 0. The first kappa shape index (κ1) is 30.1. The molecule has 0 spiro atoms. The second-order valence-corrected chi connectivity index (χ2v) is 11.4. The van der Waals surface area contributed by atoms with Crippen LogP contribution >= 0.6 is 0 Å². The van der Waals surface area contributed by atoms with Crippen molar-refractivity contribution >= 4 is 46.4 Å². The van der Waals surface area contributed by atoms with E-state index in [0.717, 1.165) is 84.4 Å². The molecule has 235 valence electrons. The minimum atomic E-state index is 0. The molecule has 0 aromatic carbocycles. The molecule has 0 saturated heterocycles. The van der Waals surface area contributed by atoms with E-state index in [4.69, 9.17) is 29.9 Å². The maximum atomic E-state index is 5.19. The molecule has 8 nitrogen and oxygen atoms in total. The predicted octanol–water partition coefficient (Wildman–Crippen LogP) is 8.70. The molecule has 0 fully saturated rings. The van der Waals surface area contributed by atoms with Crippen molar-refractivity contribution in [3.63, 3.8) is 0 Å². The molecule has 2 aliphatic rings. The van der Waals surface area contributed by atoms with Crippen LogP contribution in [0.2, 0.25) is 0 Å². The molecule has 49 heavy (non-hydrogen) atoms. The van der Waals surface area contributed by atoms with Gasteiger partial charge >= 0.3 is 0 Å². The van der Waals surface area contributed by atoms with Crippen molar-refractivity contribution in [2.45, 2.75) is 0 Å². The van der Waals surface area contributed by atoms with Gasteiger partial charge in [0.15, 0.2) is 0 Å². The van der Waals surface area contributed by atoms with E-state index in [1.54, 1.807) is 0 Å². The number of nitrogens with one attached hydrogen (secondary N) is 1. The molecular formula is C40H26CoN8. The summed E-state index contributed by atoms with van der Waals surface area (Å²) in [6, 6.07) is 34.1. The Morgan fingerprint density at radius 3 is 1.59 bits per heavy atom. The van der Waals surface area contributed by atoms with Gasteiger partial charge in [0, 0.05) is 63.7 Å². The van der Waals surface area contributed by atoms with Gasteiger partial charge in [-0.3, -0.25) is 19.5 Å². The fourth-order valence-electron chi connectivity index (χ4n) is 6.31. The average Bonchev–Trinajstić information content (AvgIpc) is 3.95. The normalized spacial score (nSPS) is 11.8. The largest absolute Gasteiger partial charge is 0.355 e. The van der Waals surface area contributed by atoms with E-state index in [9.17, 15) is 0 Å². The number of pyridine rings is 4. The van der Waals surface area contributed by atoms with Gasteiger partial charge in [-0.25, -0.2) is 15.0 Å². The van der Waals surface area contributed by atoms with E-state index in [0.29, 0.717) is 0 Å². The Morgan fingerprint density at radius 1 is 0.469 bits per heavy atom. The van der Waals surface area contributed by atoms with Gasteiger partial charge in [-0.2, -0.15) is 0 Å². The van der Waals surface area contributed by atoms with Crippen molar-refractivity contribution in [3.05, 3.63) is 151 Å². The van der Waals surface area contributed by atoms with Crippen molar-refractivity contribution in [3.8, 4) is 39.6 Å². The zero-order valence-corrected chi connectivity index (χ0v) is 26.9. The van der Waals surface area contributed by atoms with Crippen molar-refractivity contribution in [1.29, 1.82) is 0 Å². The van der Waals surface area contributed by atoms with Gasteiger partial charge in [-0.15, -0.1) is 0 Å². The SMILES string of the molecule is C1=Cc2cc3c(-c4ccccn4)c(-c4ccccn4)c(c(-c4ccccn4)c4nc(cc5ccc(cc1n2)[nH]5)C=C4)n3-c1ccccn1.[Co]. The molecule has 9 heterocycles. The van der Waals surface area contributed by atoms with E-state index < -0.39 is 0 Å². The van der Waals surface area contributed by atoms with E-state index in [1.807, 2.05) is 140 Å². The Labute approximate surface area is 291 Å². The van der Waals surface area contributed by atoms with Crippen molar-refractivity contribution in [1.82, 2.24) is 39.5 Å². The molecule has 1 radical (unpaired) electrons. The molecule has 0 atom stereocenters. The maximum absolute atomic E-state index is 5.19. The van der Waals surface area contributed by atoms with Gasteiger partial charge < -0.3 is 4.98 Å². The predicted molar refractivity (Wildman–Crippen MR) is 191 cm³/mol. The fourth-order valence-corrected chi connectivity index (χ4v) is 6.31. The summed E-state index contributed by atoms with van der Waals surface area (Å²) in [6.45, 7) is 0. The molecule has 2 aliphatic heterocycles. The molecule has 9 heteroatoms. The molecular weight excluding hydrogens is 651 g/mol. The standard InChI is InChI=1S/C40H26N8.Co/c1-5-19-41-31(9-1)37-34-18-17-29(47-34)24-28-14-13-26(45-28)23-27-15-16-30(46-27)25-35-38(32-10-2-6-20-42-32)39(33-11-3-7-21-43-33)40(37)48(35)36-12-4-8-22-44-36;/h1-25,45H;. The van der Waals surface area contributed by atoms with E-state index >= 15 is 0 Å². The summed E-state index contributed by atoms with van der Waals surface area (Å²) < 4.78 is 2.18. The van der Waals surface area contributed by atoms with Crippen molar-refractivity contribution in [2.24, 2.45) is 0 Å². The van der Waals surface area contributed by atoms with Gasteiger partial charge in [-0.1, -0.05) is 24.3 Å². The minimum Gasteiger partial charge on any atom is -0.355 e. The fraction of sp³-hybridized carbons (Fsp3) is 0. The number of aromatic amines is 1. The first-order valence-corrected chi connectivity index (χ1v) is 15.6. The molecule has 7 aromatic rings. The topological polar surface area (TPSA) is 98.1 Å². The van der Waals surface area contributed by atoms with Crippen LogP contribution in [0.15, 0.2) is 128 Å². The van der Waals surface area contributed by atoms with Gasteiger partial charge in [0.25, 0.3) is 0 Å². The van der Waals surface area contributed by atoms with Crippen LogP contribution in [0.5, 0.6) is 0 Å². The number of aromatic nitrogens is 8. The second kappa shape index (κ2) is 12.7. The summed E-state index contributed by atoms with van der Waals surface area (Å²) >= 11 is 0. The molecule has 1 N–H and O–H groups in total. The number of H-pyrrole nitrogens is 1. The van der Waals surface area contributed by atoms with Crippen molar-refractivity contribution < 1.29 is 16.8 Å². The van der Waals surface area contributed by atoms with Crippen LogP contribution in [0.3, 0.4) is 0 Å². The average molecular weight is 678 g/mol. The molecule has 0 aliphatic carbocycles. The van der Waals surface area contributed by atoms with Crippen LogP contribution < -0.4 is 0 Å². The molecule has 7 aromatic heterocycles. The monoisotopic (exact) mass is 677 g/mol. The smallest absolute Gasteiger partial charge is 0.137 e. The van der Waals surface area contributed by atoms with Crippen LogP contribution in [0.25, 0.3) is 86.0 Å². The van der Waals surface area contributed by atoms with Crippen molar-refractivity contribution in [2.75, 3.05) is 0 Å². The summed E-state index contributed by atoms with van der Waals surface area (Å²) in [6.07, 6.45) is 15.4. The maximum Gasteiger partial charge on any atom is 0.137 e. The summed E-state index contributed by atoms with van der Waals surface area (Å²) in [5, 5.41) is 0. The third-order valence-corrected chi connectivity index (χ3v) is 8.31. The number of hydrogen-bond acceptors (Lipinski definition) is 6. The number of hydrogen-bond donors (Lipinski definition) is 1. The first-order valence-electron chi connectivity index (χ1n) is 15.6. The molecule has 9 rings (SSSR count). The van der Waals surface area contributed by atoms with Gasteiger partial charge in [0.05, 0.1) is 56.5 Å². The molecule has 0 amide bonds. The second-order valence-electron chi connectivity index (χ2n) is 11.4. The molecule has 0 saturated carbocycles. The summed E-state index contributed by atoms with van der Waals surface area (Å²) in [5.74, 6) is 0.724. The molecule has 0 unspecified atom stereocenters. The third-order valence-electron chi connectivity index (χ3n) is 8.31. The van der Waals surface area contributed by atoms with Crippen LogP contribution in [0.4, 0.5) is 0 Å². The summed E-state index contributed by atoms with van der Waals surface area (Å²) in [5.41, 5.74) is 11.8. The Bertz CT molecular complexity index is 2540. The molecule has 8 bridgehead atoms. The Hall–Kier alpha value is -6.29. The van der Waals surface area contributed by atoms with Crippen LogP contribution in [0, 0.1) is 0 Å². The van der Waals surface area contributed by atoms with Gasteiger partial charge in [0.2, 0.25) is 0 Å². The number of rotatable bonds is 4. The summed E-state index contributed by atoms with van der Waals surface area (Å²) in [7, 11) is 0. The first-order chi connectivity index (χ1) is 23.8. The van der Waals surface area contributed by atoms with Crippen LogP contribution in [-0.2, 0) is 16.8 Å². The Balaban J connectivity index is 0.00000348. The zero-order chi connectivity index (χ0) is 31.9. The van der Waals surface area contributed by atoms with Crippen LogP contribution in [-0.4, -0.2) is 39.5 Å². The Morgan fingerprint density at radius 2 is 1.00 bits per heavy atom. The third kappa shape index (κ3) is 5.56. The van der Waals surface area contributed by atoms with E-state index in [2.05, 4.69) is 21.7 Å². The number of fused-ring (bicyclic) bond motifs is 8. The summed E-state index contributed by atoms with van der Waals surface area (Å²) in [4.78, 5) is 33.3. The van der Waals surface area contributed by atoms with E-state index in [-0.39, 0.29) is 16.8 Å². The zero-order valence-electron chi connectivity index (χ0n) is 25.9. The van der Waals surface area contributed by atoms with Crippen LogP contribution in [0.1, 0.15) is 22.8 Å². The van der Waals surface area contributed by atoms with Gasteiger partial charge in [-0.05, 0) is 103 Å². The quantitative estimate of drug-likeness (QED) is 0.200.